The predicted octanol–water partition coefficient (Wildman–Crippen LogP) is 1.31. The molecule has 0 saturated heterocycles. The summed E-state index contributed by atoms with van der Waals surface area (Å²) in [6.45, 7) is 1.93. The van der Waals surface area contributed by atoms with Gasteiger partial charge in [-0.2, -0.15) is 5.21 Å². The number of hydrogen-bond donors (Lipinski definition) is 3. The van der Waals surface area contributed by atoms with E-state index in [1.165, 1.54) is 7.05 Å². The summed E-state index contributed by atoms with van der Waals surface area (Å²) < 4.78 is 5.31. The van der Waals surface area contributed by atoms with Crippen molar-refractivity contribution in [3.8, 4) is 5.75 Å². The van der Waals surface area contributed by atoms with E-state index in [2.05, 4.69) is 26.0 Å². The van der Waals surface area contributed by atoms with Gasteiger partial charge in [0, 0.05) is 13.5 Å². The fourth-order valence-corrected chi connectivity index (χ4v) is 2.24. The highest BCUT2D eigenvalue weighted by atomic mass is 16.5. The summed E-state index contributed by atoms with van der Waals surface area (Å²) in [7, 11) is 3.07. The zero-order valence-electron chi connectivity index (χ0n) is 13.2. The van der Waals surface area contributed by atoms with Crippen molar-refractivity contribution in [3.63, 3.8) is 0 Å². The molecule has 0 aliphatic rings. The van der Waals surface area contributed by atoms with Crippen molar-refractivity contribution < 1.29 is 14.3 Å². The van der Waals surface area contributed by atoms with Crippen LogP contribution < -0.4 is 15.4 Å². The quantitative estimate of drug-likeness (QED) is 0.744. The minimum atomic E-state index is -0.424. The number of carbonyl (C=O) groups is 2. The lowest BCUT2D eigenvalue weighted by Crippen LogP contribution is -2.22. The first kappa shape index (κ1) is 16.5. The summed E-state index contributed by atoms with van der Waals surface area (Å²) in [5.74, 6) is 0.109. The van der Waals surface area contributed by atoms with Gasteiger partial charge in [-0.05, 0) is 17.5 Å². The molecular formula is C15H19N5O3. The van der Waals surface area contributed by atoms with Crippen molar-refractivity contribution in [2.75, 3.05) is 19.5 Å². The molecule has 23 heavy (non-hydrogen) atoms. The number of rotatable bonds is 6. The number of H-pyrrole nitrogens is 1. The number of hydrogen-bond acceptors (Lipinski definition) is 5. The Balaban J connectivity index is 2.05. The molecule has 122 valence electrons. The Morgan fingerprint density at radius 2 is 2.04 bits per heavy atom. The molecule has 1 aromatic heterocycles. The number of benzene rings is 1. The SMILES string of the molecule is CNC(=O)c1n[nH]nc1NC(=O)CC(C)c1ccccc1OC. The molecule has 2 aromatic rings. The Hall–Kier alpha value is -2.90. The third-order valence-electron chi connectivity index (χ3n) is 3.41. The fourth-order valence-electron chi connectivity index (χ4n) is 2.24. The van der Waals surface area contributed by atoms with Gasteiger partial charge in [-0.25, -0.2) is 0 Å². The van der Waals surface area contributed by atoms with E-state index in [0.717, 1.165) is 11.3 Å². The highest BCUT2D eigenvalue weighted by Gasteiger charge is 2.20. The van der Waals surface area contributed by atoms with E-state index in [0.29, 0.717) is 0 Å². The van der Waals surface area contributed by atoms with E-state index in [9.17, 15) is 9.59 Å². The van der Waals surface area contributed by atoms with E-state index in [-0.39, 0.29) is 29.8 Å². The summed E-state index contributed by atoms with van der Waals surface area (Å²) >= 11 is 0. The van der Waals surface area contributed by atoms with Crippen molar-refractivity contribution in [1.82, 2.24) is 20.7 Å². The van der Waals surface area contributed by atoms with Crippen LogP contribution in [0.2, 0.25) is 0 Å². The number of aromatic amines is 1. The van der Waals surface area contributed by atoms with Gasteiger partial charge in [-0.3, -0.25) is 9.59 Å². The molecule has 2 rings (SSSR count). The number of nitrogens with zero attached hydrogens (tertiary/aromatic N) is 2. The van der Waals surface area contributed by atoms with Gasteiger partial charge in [-0.15, -0.1) is 10.2 Å². The molecule has 0 fully saturated rings. The van der Waals surface area contributed by atoms with Crippen LogP contribution >= 0.6 is 0 Å². The minimum Gasteiger partial charge on any atom is -0.496 e. The lowest BCUT2D eigenvalue weighted by atomic mass is 9.96. The number of methoxy groups -OCH3 is 1. The first-order valence-electron chi connectivity index (χ1n) is 7.12. The van der Waals surface area contributed by atoms with E-state index in [4.69, 9.17) is 4.74 Å². The molecule has 2 amide bonds. The minimum absolute atomic E-state index is 0.0470. The Bertz CT molecular complexity index is 698. The highest BCUT2D eigenvalue weighted by Crippen LogP contribution is 2.28. The van der Waals surface area contributed by atoms with E-state index in [1.807, 2.05) is 31.2 Å². The van der Waals surface area contributed by atoms with E-state index in [1.54, 1.807) is 7.11 Å². The van der Waals surface area contributed by atoms with E-state index >= 15 is 0 Å². The molecule has 1 heterocycles. The zero-order valence-corrected chi connectivity index (χ0v) is 13.2. The third kappa shape index (κ3) is 3.85. The Labute approximate surface area is 133 Å². The standard InChI is InChI=1S/C15H19N5O3/c1-9(10-6-4-5-7-11(10)23-3)8-12(21)17-14-13(15(22)16-2)18-20-19-14/h4-7,9H,8H2,1-3H3,(H,16,22)(H2,17,18,19,20,21). The topological polar surface area (TPSA) is 109 Å². The van der Waals surface area contributed by atoms with Crippen LogP contribution in [0.1, 0.15) is 35.3 Å². The normalized spacial score (nSPS) is 11.6. The van der Waals surface area contributed by atoms with Gasteiger partial charge in [0.25, 0.3) is 5.91 Å². The number of aromatic nitrogens is 3. The van der Waals surface area contributed by atoms with Crippen molar-refractivity contribution in [1.29, 1.82) is 0 Å². The molecule has 1 unspecified atom stereocenters. The molecule has 0 aliphatic heterocycles. The second-order valence-electron chi connectivity index (χ2n) is 5.00. The van der Waals surface area contributed by atoms with Gasteiger partial charge < -0.3 is 15.4 Å². The molecule has 3 N–H and O–H groups in total. The first-order chi connectivity index (χ1) is 11.1. The van der Waals surface area contributed by atoms with Gasteiger partial charge in [0.05, 0.1) is 7.11 Å². The first-order valence-corrected chi connectivity index (χ1v) is 7.12. The second-order valence-corrected chi connectivity index (χ2v) is 5.00. The molecule has 0 aliphatic carbocycles. The third-order valence-corrected chi connectivity index (χ3v) is 3.41. The number of ether oxygens (including phenoxy) is 1. The smallest absolute Gasteiger partial charge is 0.275 e. The lowest BCUT2D eigenvalue weighted by Gasteiger charge is -2.15. The van der Waals surface area contributed by atoms with Crippen LogP contribution in [0, 0.1) is 0 Å². The molecule has 8 nitrogen and oxygen atoms in total. The molecule has 0 bridgehead atoms. The zero-order chi connectivity index (χ0) is 16.8. The molecule has 0 radical (unpaired) electrons. The van der Waals surface area contributed by atoms with Crippen LogP contribution in [-0.4, -0.2) is 41.4 Å². The van der Waals surface area contributed by atoms with Gasteiger partial charge in [0.2, 0.25) is 5.91 Å². The van der Waals surface area contributed by atoms with Crippen LogP contribution in [-0.2, 0) is 4.79 Å². The van der Waals surface area contributed by atoms with Crippen LogP contribution in [0.4, 0.5) is 5.82 Å². The number of amides is 2. The van der Waals surface area contributed by atoms with Gasteiger partial charge >= 0.3 is 0 Å². The second kappa shape index (κ2) is 7.39. The molecular weight excluding hydrogens is 298 g/mol. The average Bonchev–Trinajstić information content (AvgIpc) is 3.01. The summed E-state index contributed by atoms with van der Waals surface area (Å²) in [5.41, 5.74) is 0.989. The van der Waals surface area contributed by atoms with Gasteiger partial charge in [0.15, 0.2) is 11.5 Å². The molecule has 1 atom stereocenters. The maximum atomic E-state index is 12.2. The lowest BCUT2D eigenvalue weighted by molar-refractivity contribution is -0.116. The summed E-state index contributed by atoms with van der Waals surface area (Å²) in [6.07, 6.45) is 0.223. The largest absolute Gasteiger partial charge is 0.496 e. The maximum Gasteiger partial charge on any atom is 0.275 e. The van der Waals surface area contributed by atoms with Crippen molar-refractivity contribution in [3.05, 3.63) is 35.5 Å². The summed E-state index contributed by atoms with van der Waals surface area (Å²) in [4.78, 5) is 23.8. The van der Waals surface area contributed by atoms with Gasteiger partial charge in [0.1, 0.15) is 5.75 Å². The van der Waals surface area contributed by atoms with Crippen LogP contribution in [0.25, 0.3) is 0 Å². The maximum absolute atomic E-state index is 12.2. The highest BCUT2D eigenvalue weighted by molar-refractivity contribution is 6.01. The molecule has 1 aromatic carbocycles. The monoisotopic (exact) mass is 317 g/mol. The fraction of sp³-hybridized carbons (Fsp3) is 0.333. The van der Waals surface area contributed by atoms with Crippen molar-refractivity contribution >= 4 is 17.6 Å². The van der Waals surface area contributed by atoms with Crippen LogP contribution in [0.5, 0.6) is 5.75 Å². The Morgan fingerprint density at radius 1 is 1.30 bits per heavy atom. The van der Waals surface area contributed by atoms with Crippen LogP contribution in [0.15, 0.2) is 24.3 Å². The van der Waals surface area contributed by atoms with Gasteiger partial charge in [-0.1, -0.05) is 25.1 Å². The summed E-state index contributed by atoms with van der Waals surface area (Å²) in [6, 6.07) is 7.54. The number of carbonyl (C=O) groups excluding carboxylic acids is 2. The molecule has 0 saturated carbocycles. The van der Waals surface area contributed by atoms with E-state index < -0.39 is 5.91 Å². The average molecular weight is 317 g/mol. The number of nitrogens with one attached hydrogen (secondary N) is 3. The van der Waals surface area contributed by atoms with Crippen LogP contribution in [0.3, 0.4) is 0 Å². The molecule has 8 heteroatoms. The van der Waals surface area contributed by atoms with Crippen molar-refractivity contribution in [2.45, 2.75) is 19.3 Å². The number of anilines is 1. The predicted molar refractivity (Wildman–Crippen MR) is 84.4 cm³/mol. The Kier molecular flexibility index (Phi) is 5.29. The summed E-state index contributed by atoms with van der Waals surface area (Å²) in [5, 5.41) is 14.9. The number of para-hydroxylation sites is 1. The molecule has 0 spiro atoms. The Morgan fingerprint density at radius 3 is 2.74 bits per heavy atom. The van der Waals surface area contributed by atoms with Crippen molar-refractivity contribution in [2.24, 2.45) is 0 Å².